The summed E-state index contributed by atoms with van der Waals surface area (Å²) in [5, 5.41) is 8.99. The Morgan fingerprint density at radius 2 is 1.86 bits per heavy atom. The van der Waals surface area contributed by atoms with Crippen LogP contribution < -0.4 is 4.74 Å². The number of carboxylic acids is 1. The second-order valence-electron chi connectivity index (χ2n) is 5.43. The molecule has 0 saturated heterocycles. The summed E-state index contributed by atoms with van der Waals surface area (Å²) < 4.78 is 5.80. The molecular weight excluding hydrogens is 264 g/mol. The number of benzene rings is 2. The van der Waals surface area contributed by atoms with Crippen LogP contribution in [0.2, 0.25) is 0 Å². The van der Waals surface area contributed by atoms with Crippen molar-refractivity contribution in [1.29, 1.82) is 0 Å². The molecule has 0 aliphatic heterocycles. The van der Waals surface area contributed by atoms with E-state index in [4.69, 9.17) is 9.84 Å². The number of hydrogen-bond donors (Lipinski definition) is 1. The number of hydrogen-bond acceptors (Lipinski definition) is 2. The third-order valence-corrected chi connectivity index (χ3v) is 3.90. The van der Waals surface area contributed by atoms with Gasteiger partial charge in [0.15, 0.2) is 0 Å². The molecule has 3 rings (SSSR count). The topological polar surface area (TPSA) is 46.5 Å². The smallest absolute Gasteiger partial charge is 0.335 e. The molecule has 3 heteroatoms. The Hall–Kier alpha value is -2.29. The first-order valence-corrected chi connectivity index (χ1v) is 7.29. The van der Waals surface area contributed by atoms with Crippen LogP contribution in [0.1, 0.15) is 39.9 Å². The van der Waals surface area contributed by atoms with Gasteiger partial charge in [0.2, 0.25) is 0 Å². The highest BCUT2D eigenvalue weighted by atomic mass is 16.5. The third-order valence-electron chi connectivity index (χ3n) is 3.90. The van der Waals surface area contributed by atoms with Crippen molar-refractivity contribution < 1.29 is 14.6 Å². The summed E-state index contributed by atoms with van der Waals surface area (Å²) in [6.45, 7) is 0.389. The van der Waals surface area contributed by atoms with Gasteiger partial charge < -0.3 is 9.84 Å². The molecule has 21 heavy (non-hydrogen) atoms. The van der Waals surface area contributed by atoms with Crippen molar-refractivity contribution in [2.24, 2.45) is 0 Å². The lowest BCUT2D eigenvalue weighted by atomic mass is 9.92. The van der Waals surface area contributed by atoms with Crippen LogP contribution in [0.15, 0.2) is 42.5 Å². The van der Waals surface area contributed by atoms with Crippen molar-refractivity contribution in [2.75, 3.05) is 0 Å². The normalized spacial score (nSPS) is 13.5. The number of ether oxygens (including phenoxy) is 1. The highest BCUT2D eigenvalue weighted by Crippen LogP contribution is 2.25. The molecule has 0 unspecified atom stereocenters. The number of aryl methyl sites for hydroxylation is 2. The summed E-state index contributed by atoms with van der Waals surface area (Å²) >= 11 is 0. The van der Waals surface area contributed by atoms with Crippen molar-refractivity contribution in [2.45, 2.75) is 32.3 Å². The van der Waals surface area contributed by atoms with E-state index >= 15 is 0 Å². The van der Waals surface area contributed by atoms with Gasteiger partial charge in [-0.3, -0.25) is 0 Å². The van der Waals surface area contributed by atoms with Crippen molar-refractivity contribution in [3.63, 3.8) is 0 Å². The molecule has 0 spiro atoms. The Morgan fingerprint density at radius 3 is 2.67 bits per heavy atom. The van der Waals surface area contributed by atoms with Gasteiger partial charge >= 0.3 is 5.97 Å². The Morgan fingerprint density at radius 1 is 1.05 bits per heavy atom. The van der Waals surface area contributed by atoms with Gasteiger partial charge in [-0.2, -0.15) is 0 Å². The van der Waals surface area contributed by atoms with Gasteiger partial charge in [-0.1, -0.05) is 18.2 Å². The Labute approximate surface area is 124 Å². The largest absolute Gasteiger partial charge is 0.489 e. The number of rotatable bonds is 4. The number of carboxylic acid groups (broad SMARTS) is 1. The van der Waals surface area contributed by atoms with E-state index in [2.05, 4.69) is 12.1 Å². The molecule has 0 saturated carbocycles. The summed E-state index contributed by atoms with van der Waals surface area (Å²) in [5.74, 6) is -0.0537. The van der Waals surface area contributed by atoms with Gasteiger partial charge in [-0.15, -0.1) is 0 Å². The maximum Gasteiger partial charge on any atom is 0.335 e. The van der Waals surface area contributed by atoms with Crippen molar-refractivity contribution in [3.05, 3.63) is 64.7 Å². The fourth-order valence-corrected chi connectivity index (χ4v) is 2.76. The van der Waals surface area contributed by atoms with Crippen LogP contribution in [-0.2, 0) is 19.4 Å². The zero-order chi connectivity index (χ0) is 14.7. The second-order valence-corrected chi connectivity index (χ2v) is 5.43. The quantitative estimate of drug-likeness (QED) is 0.926. The van der Waals surface area contributed by atoms with Crippen LogP contribution in [-0.4, -0.2) is 11.1 Å². The molecule has 1 N–H and O–H groups in total. The van der Waals surface area contributed by atoms with E-state index in [0.717, 1.165) is 24.2 Å². The first-order chi connectivity index (χ1) is 10.2. The van der Waals surface area contributed by atoms with Crippen molar-refractivity contribution in [3.8, 4) is 5.75 Å². The maximum absolute atomic E-state index is 10.9. The number of aromatic carboxylic acids is 1. The zero-order valence-corrected chi connectivity index (χ0v) is 11.8. The number of fused-ring (bicyclic) bond motifs is 1. The molecule has 0 bridgehead atoms. The lowest BCUT2D eigenvalue weighted by Crippen LogP contribution is -2.04. The fourth-order valence-electron chi connectivity index (χ4n) is 2.76. The van der Waals surface area contributed by atoms with Crippen LogP contribution in [0, 0.1) is 0 Å². The SMILES string of the molecule is O=C(O)c1cccc(COc2ccc3c(c2)CCCC3)c1. The van der Waals surface area contributed by atoms with E-state index in [-0.39, 0.29) is 0 Å². The molecule has 108 valence electrons. The standard InChI is InChI=1S/C18H18O3/c19-18(20)16-7-3-4-13(10-16)12-21-17-9-8-14-5-1-2-6-15(14)11-17/h3-4,7-11H,1-2,5-6,12H2,(H,19,20). The van der Waals surface area contributed by atoms with Crippen LogP contribution in [0.25, 0.3) is 0 Å². The van der Waals surface area contributed by atoms with Crippen molar-refractivity contribution in [1.82, 2.24) is 0 Å². The summed E-state index contributed by atoms with van der Waals surface area (Å²) in [6.07, 6.45) is 4.81. The fraction of sp³-hybridized carbons (Fsp3) is 0.278. The predicted molar refractivity (Wildman–Crippen MR) is 80.8 cm³/mol. The highest BCUT2D eigenvalue weighted by Gasteiger charge is 2.10. The lowest BCUT2D eigenvalue weighted by Gasteiger charge is -2.16. The summed E-state index contributed by atoms with van der Waals surface area (Å²) in [5.41, 5.74) is 3.98. The third kappa shape index (κ3) is 3.24. The molecular formula is C18H18O3. The summed E-state index contributed by atoms with van der Waals surface area (Å²) in [6, 6.07) is 13.1. The van der Waals surface area contributed by atoms with Crippen LogP contribution in [0.3, 0.4) is 0 Å². The molecule has 2 aromatic rings. The van der Waals surface area contributed by atoms with Crippen LogP contribution >= 0.6 is 0 Å². The molecule has 0 fully saturated rings. The Kier molecular flexibility index (Phi) is 3.91. The average Bonchev–Trinajstić information content (AvgIpc) is 2.53. The van der Waals surface area contributed by atoms with Gasteiger partial charge in [0.1, 0.15) is 12.4 Å². The average molecular weight is 282 g/mol. The first-order valence-electron chi connectivity index (χ1n) is 7.29. The monoisotopic (exact) mass is 282 g/mol. The van der Waals surface area contributed by atoms with Crippen molar-refractivity contribution >= 4 is 5.97 Å². The maximum atomic E-state index is 10.9. The van der Waals surface area contributed by atoms with E-state index in [1.54, 1.807) is 18.2 Å². The molecule has 1 aliphatic carbocycles. The molecule has 0 radical (unpaired) electrons. The van der Waals surface area contributed by atoms with Gasteiger partial charge in [0.05, 0.1) is 5.56 Å². The van der Waals surface area contributed by atoms with Crippen LogP contribution in [0.4, 0.5) is 0 Å². The zero-order valence-electron chi connectivity index (χ0n) is 11.8. The lowest BCUT2D eigenvalue weighted by molar-refractivity contribution is 0.0696. The minimum Gasteiger partial charge on any atom is -0.489 e. The highest BCUT2D eigenvalue weighted by molar-refractivity contribution is 5.87. The van der Waals surface area contributed by atoms with E-state index in [1.807, 2.05) is 12.1 Å². The Balaban J connectivity index is 1.70. The molecule has 0 atom stereocenters. The molecule has 1 aliphatic rings. The summed E-state index contributed by atoms with van der Waals surface area (Å²) in [7, 11) is 0. The second kappa shape index (κ2) is 6.00. The van der Waals surface area contributed by atoms with Gasteiger partial charge in [-0.05, 0) is 66.6 Å². The summed E-state index contributed by atoms with van der Waals surface area (Å²) in [4.78, 5) is 10.9. The molecule has 0 aromatic heterocycles. The minimum atomic E-state index is -0.911. The van der Waals surface area contributed by atoms with E-state index < -0.39 is 5.97 Å². The first kappa shape index (κ1) is 13.7. The number of carbonyl (C=O) groups is 1. The molecule has 2 aromatic carbocycles. The van der Waals surface area contributed by atoms with Crippen LogP contribution in [0.5, 0.6) is 5.75 Å². The van der Waals surface area contributed by atoms with Gasteiger partial charge in [-0.25, -0.2) is 4.79 Å². The van der Waals surface area contributed by atoms with Gasteiger partial charge in [0.25, 0.3) is 0 Å². The predicted octanol–water partition coefficient (Wildman–Crippen LogP) is 3.84. The molecule has 0 heterocycles. The minimum absolute atomic E-state index is 0.293. The molecule has 0 amide bonds. The van der Waals surface area contributed by atoms with Gasteiger partial charge in [0, 0.05) is 0 Å². The van der Waals surface area contributed by atoms with E-state index in [1.165, 1.54) is 24.0 Å². The van der Waals surface area contributed by atoms with E-state index in [9.17, 15) is 4.79 Å². The Bertz CT molecular complexity index is 661. The molecule has 3 nitrogen and oxygen atoms in total. The van der Waals surface area contributed by atoms with E-state index in [0.29, 0.717) is 12.2 Å².